The third-order valence-electron chi connectivity index (χ3n) is 2.87. The van der Waals surface area contributed by atoms with Crippen molar-refractivity contribution in [3.63, 3.8) is 0 Å². The lowest BCUT2D eigenvalue weighted by Crippen LogP contribution is -2.25. The van der Waals surface area contributed by atoms with E-state index >= 15 is 0 Å². The molecule has 19 heavy (non-hydrogen) atoms. The molecular formula is C14H15Cl2N3. The fraction of sp³-hybridized carbons (Fsp3) is 0.214. The van der Waals surface area contributed by atoms with Crippen molar-refractivity contribution < 1.29 is 0 Å². The number of nitrogens with two attached hydrogens (primary N) is 2. The number of pyridine rings is 1. The Morgan fingerprint density at radius 2 is 1.79 bits per heavy atom. The van der Waals surface area contributed by atoms with E-state index in [0.29, 0.717) is 28.7 Å². The fourth-order valence-corrected chi connectivity index (χ4v) is 2.54. The van der Waals surface area contributed by atoms with E-state index in [1.165, 1.54) is 0 Å². The van der Waals surface area contributed by atoms with Gasteiger partial charge in [0.1, 0.15) is 5.82 Å². The molecule has 1 aromatic carbocycles. The predicted molar refractivity (Wildman–Crippen MR) is 80.5 cm³/mol. The lowest BCUT2D eigenvalue weighted by atomic mass is 10.00. The highest BCUT2D eigenvalue weighted by Gasteiger charge is 2.11. The van der Waals surface area contributed by atoms with Gasteiger partial charge in [-0.1, -0.05) is 29.3 Å². The Balaban J connectivity index is 2.07. The van der Waals surface area contributed by atoms with Gasteiger partial charge >= 0.3 is 0 Å². The molecule has 0 radical (unpaired) electrons. The summed E-state index contributed by atoms with van der Waals surface area (Å²) in [6.45, 7) is 0. The first-order valence-corrected chi connectivity index (χ1v) is 6.70. The monoisotopic (exact) mass is 295 g/mol. The molecule has 2 rings (SSSR count). The van der Waals surface area contributed by atoms with Crippen LogP contribution in [-0.2, 0) is 12.8 Å². The first-order valence-electron chi connectivity index (χ1n) is 5.95. The molecule has 0 aliphatic carbocycles. The maximum absolute atomic E-state index is 6.15. The summed E-state index contributed by atoms with van der Waals surface area (Å²) in [6, 6.07) is 9.13. The molecule has 0 aliphatic heterocycles. The summed E-state index contributed by atoms with van der Waals surface area (Å²) in [5.74, 6) is 0.500. The van der Waals surface area contributed by atoms with Crippen molar-refractivity contribution in [3.05, 3.63) is 57.7 Å². The fourth-order valence-electron chi connectivity index (χ4n) is 1.99. The van der Waals surface area contributed by atoms with Crippen LogP contribution in [0.2, 0.25) is 10.0 Å². The van der Waals surface area contributed by atoms with E-state index < -0.39 is 0 Å². The molecule has 1 aromatic heterocycles. The van der Waals surface area contributed by atoms with Gasteiger partial charge in [0, 0.05) is 22.3 Å². The topological polar surface area (TPSA) is 64.9 Å². The van der Waals surface area contributed by atoms with E-state index in [1.807, 2.05) is 30.3 Å². The molecule has 0 amide bonds. The van der Waals surface area contributed by atoms with Crippen LogP contribution in [-0.4, -0.2) is 11.0 Å². The number of aromatic nitrogens is 1. The van der Waals surface area contributed by atoms with Crippen molar-refractivity contribution in [1.82, 2.24) is 4.98 Å². The molecule has 5 heteroatoms. The maximum atomic E-state index is 6.15. The van der Waals surface area contributed by atoms with Crippen LogP contribution in [0.5, 0.6) is 0 Å². The standard InChI is InChI=1S/C14H15Cl2N3/c15-12-2-1-3-13(16)11(12)8-10(17)6-9-4-5-19-14(18)7-9/h1-5,7,10H,6,8,17H2,(H2,18,19). The summed E-state index contributed by atoms with van der Waals surface area (Å²) in [5.41, 5.74) is 13.7. The van der Waals surface area contributed by atoms with Crippen LogP contribution < -0.4 is 11.5 Å². The second kappa shape index (κ2) is 6.24. The predicted octanol–water partition coefficient (Wildman–Crippen LogP) is 3.08. The number of nitrogen functional groups attached to an aromatic ring is 1. The summed E-state index contributed by atoms with van der Waals surface area (Å²) in [7, 11) is 0. The highest BCUT2D eigenvalue weighted by atomic mass is 35.5. The minimum Gasteiger partial charge on any atom is -0.384 e. The van der Waals surface area contributed by atoms with Crippen LogP contribution >= 0.6 is 23.2 Å². The zero-order valence-electron chi connectivity index (χ0n) is 10.3. The van der Waals surface area contributed by atoms with E-state index in [4.69, 9.17) is 34.7 Å². The lowest BCUT2D eigenvalue weighted by Gasteiger charge is -2.14. The zero-order chi connectivity index (χ0) is 13.8. The molecule has 0 fully saturated rings. The summed E-state index contributed by atoms with van der Waals surface area (Å²) < 4.78 is 0. The summed E-state index contributed by atoms with van der Waals surface area (Å²) in [5, 5.41) is 1.30. The Labute approximate surface area is 122 Å². The first kappa shape index (κ1) is 14.1. The van der Waals surface area contributed by atoms with Gasteiger partial charge < -0.3 is 11.5 Å². The lowest BCUT2D eigenvalue weighted by molar-refractivity contribution is 0.665. The molecule has 3 nitrogen and oxygen atoms in total. The molecule has 0 saturated carbocycles. The number of hydrogen-bond acceptors (Lipinski definition) is 3. The van der Waals surface area contributed by atoms with E-state index in [2.05, 4.69) is 4.98 Å². The summed E-state index contributed by atoms with van der Waals surface area (Å²) >= 11 is 12.3. The number of anilines is 1. The van der Waals surface area contributed by atoms with Crippen LogP contribution in [0.25, 0.3) is 0 Å². The van der Waals surface area contributed by atoms with Crippen molar-refractivity contribution in [2.24, 2.45) is 5.73 Å². The smallest absolute Gasteiger partial charge is 0.123 e. The van der Waals surface area contributed by atoms with Gasteiger partial charge in [0.15, 0.2) is 0 Å². The average molecular weight is 296 g/mol. The largest absolute Gasteiger partial charge is 0.384 e. The van der Waals surface area contributed by atoms with Crippen molar-refractivity contribution in [2.45, 2.75) is 18.9 Å². The second-order valence-electron chi connectivity index (χ2n) is 4.46. The molecule has 2 aromatic rings. The van der Waals surface area contributed by atoms with Crippen LogP contribution in [0, 0.1) is 0 Å². The Kier molecular flexibility index (Phi) is 4.64. The van der Waals surface area contributed by atoms with Gasteiger partial charge in [-0.15, -0.1) is 0 Å². The van der Waals surface area contributed by atoms with E-state index in [9.17, 15) is 0 Å². The molecule has 0 saturated heterocycles. The van der Waals surface area contributed by atoms with Crippen LogP contribution in [0.3, 0.4) is 0 Å². The first-order chi connectivity index (χ1) is 9.06. The van der Waals surface area contributed by atoms with Crippen molar-refractivity contribution in [3.8, 4) is 0 Å². The van der Waals surface area contributed by atoms with Crippen LogP contribution in [0.15, 0.2) is 36.5 Å². The number of rotatable bonds is 4. The Bertz CT molecular complexity index is 552. The van der Waals surface area contributed by atoms with Gasteiger partial charge in [0.05, 0.1) is 0 Å². The van der Waals surface area contributed by atoms with Crippen molar-refractivity contribution in [2.75, 3.05) is 5.73 Å². The quantitative estimate of drug-likeness (QED) is 0.911. The van der Waals surface area contributed by atoms with Gasteiger partial charge in [0.25, 0.3) is 0 Å². The Morgan fingerprint density at radius 1 is 1.11 bits per heavy atom. The molecule has 0 bridgehead atoms. The van der Waals surface area contributed by atoms with E-state index in [0.717, 1.165) is 11.1 Å². The molecule has 4 N–H and O–H groups in total. The summed E-state index contributed by atoms with van der Waals surface area (Å²) in [4.78, 5) is 3.95. The van der Waals surface area contributed by atoms with Gasteiger partial charge in [-0.05, 0) is 48.2 Å². The van der Waals surface area contributed by atoms with Gasteiger partial charge in [-0.2, -0.15) is 0 Å². The molecule has 1 atom stereocenters. The minimum atomic E-state index is -0.0702. The SMILES string of the molecule is Nc1cc(CC(N)Cc2c(Cl)cccc2Cl)ccn1. The molecule has 100 valence electrons. The highest BCUT2D eigenvalue weighted by Crippen LogP contribution is 2.25. The third-order valence-corrected chi connectivity index (χ3v) is 3.58. The molecular weight excluding hydrogens is 281 g/mol. The molecule has 1 heterocycles. The van der Waals surface area contributed by atoms with Gasteiger partial charge in [-0.25, -0.2) is 4.98 Å². The number of hydrogen-bond donors (Lipinski definition) is 2. The normalized spacial score (nSPS) is 12.4. The minimum absolute atomic E-state index is 0.0702. The summed E-state index contributed by atoms with van der Waals surface area (Å²) in [6.07, 6.45) is 3.01. The Hall–Kier alpha value is -1.29. The average Bonchev–Trinajstić information content (AvgIpc) is 2.34. The number of halogens is 2. The van der Waals surface area contributed by atoms with Crippen molar-refractivity contribution in [1.29, 1.82) is 0 Å². The zero-order valence-corrected chi connectivity index (χ0v) is 11.8. The van der Waals surface area contributed by atoms with E-state index in [1.54, 1.807) is 6.20 Å². The van der Waals surface area contributed by atoms with Crippen LogP contribution in [0.4, 0.5) is 5.82 Å². The third kappa shape index (κ3) is 3.83. The van der Waals surface area contributed by atoms with Gasteiger partial charge in [-0.3, -0.25) is 0 Å². The number of benzene rings is 1. The second-order valence-corrected chi connectivity index (χ2v) is 5.27. The molecule has 0 aliphatic rings. The highest BCUT2D eigenvalue weighted by molar-refractivity contribution is 6.36. The molecule has 1 unspecified atom stereocenters. The van der Waals surface area contributed by atoms with Gasteiger partial charge in [0.2, 0.25) is 0 Å². The number of nitrogens with zero attached hydrogens (tertiary/aromatic N) is 1. The maximum Gasteiger partial charge on any atom is 0.123 e. The van der Waals surface area contributed by atoms with Crippen molar-refractivity contribution >= 4 is 29.0 Å². The van der Waals surface area contributed by atoms with Crippen LogP contribution in [0.1, 0.15) is 11.1 Å². The molecule has 0 spiro atoms. The Morgan fingerprint density at radius 3 is 2.42 bits per heavy atom. The van der Waals surface area contributed by atoms with E-state index in [-0.39, 0.29) is 6.04 Å².